The first-order valence-electron chi connectivity index (χ1n) is 7.43. The molecule has 0 unspecified atom stereocenters. The molecule has 1 N–H and O–H groups in total. The number of hydrogen-bond donors (Lipinski definition) is 1. The van der Waals surface area contributed by atoms with Gasteiger partial charge < -0.3 is 10.1 Å². The van der Waals surface area contributed by atoms with E-state index in [2.05, 4.69) is 5.32 Å². The Kier molecular flexibility index (Phi) is 2.96. The highest BCUT2D eigenvalue weighted by atomic mass is 19.1. The van der Waals surface area contributed by atoms with Crippen LogP contribution in [0.4, 0.5) is 4.39 Å². The molecule has 2 aromatic rings. The fraction of sp³-hybridized carbons (Fsp3) is 0.438. The Balaban J connectivity index is 1.92. The Hall–Kier alpha value is -1.88. The van der Waals surface area contributed by atoms with E-state index in [4.69, 9.17) is 9.72 Å². The maximum absolute atomic E-state index is 14.4. The summed E-state index contributed by atoms with van der Waals surface area (Å²) in [6.07, 6.45) is 3.18. The molecule has 1 aliphatic carbocycles. The number of hydrogen-bond acceptors (Lipinski definition) is 3. The second kappa shape index (κ2) is 4.84. The summed E-state index contributed by atoms with van der Waals surface area (Å²) in [6.45, 7) is 1.68. The molecular weight excluding hydrogens is 269 g/mol. The number of halogens is 1. The zero-order chi connectivity index (χ0) is 14.4. The molecule has 5 heteroatoms. The van der Waals surface area contributed by atoms with E-state index < -0.39 is 0 Å². The molecule has 21 heavy (non-hydrogen) atoms. The lowest BCUT2D eigenvalue weighted by Gasteiger charge is -2.17. The van der Waals surface area contributed by atoms with Crippen LogP contribution in [0.1, 0.15) is 36.0 Å². The molecule has 1 aromatic heterocycles. The summed E-state index contributed by atoms with van der Waals surface area (Å²) in [6, 6.07) is 4.89. The summed E-state index contributed by atoms with van der Waals surface area (Å²) in [4.78, 5) is 4.78. The van der Waals surface area contributed by atoms with Crippen molar-refractivity contribution < 1.29 is 9.13 Å². The maximum Gasteiger partial charge on any atom is 0.147 e. The van der Waals surface area contributed by atoms with Gasteiger partial charge in [0.05, 0.1) is 18.5 Å². The van der Waals surface area contributed by atoms with E-state index in [-0.39, 0.29) is 5.82 Å². The van der Waals surface area contributed by atoms with E-state index >= 15 is 0 Å². The SMILES string of the molecule is COc1ccc(F)c(-n2c(C3CC3)nc3c2CCNC3)c1. The molecule has 1 aromatic carbocycles. The molecule has 110 valence electrons. The summed E-state index contributed by atoms with van der Waals surface area (Å²) < 4.78 is 21.7. The summed E-state index contributed by atoms with van der Waals surface area (Å²) in [5, 5.41) is 3.34. The predicted molar refractivity (Wildman–Crippen MR) is 77.5 cm³/mol. The summed E-state index contributed by atoms with van der Waals surface area (Å²) in [7, 11) is 1.60. The van der Waals surface area contributed by atoms with Gasteiger partial charge in [0.2, 0.25) is 0 Å². The molecule has 0 spiro atoms. The lowest BCUT2D eigenvalue weighted by atomic mass is 10.1. The number of ether oxygens (including phenoxy) is 1. The first-order valence-corrected chi connectivity index (χ1v) is 7.43. The molecule has 2 aliphatic rings. The molecule has 0 atom stereocenters. The van der Waals surface area contributed by atoms with Crippen molar-refractivity contribution in [3.8, 4) is 11.4 Å². The van der Waals surface area contributed by atoms with E-state index in [1.807, 2.05) is 4.57 Å². The predicted octanol–water partition coefficient (Wildman–Crippen LogP) is 2.54. The number of nitrogens with zero attached hydrogens (tertiary/aromatic N) is 2. The van der Waals surface area contributed by atoms with Gasteiger partial charge in [-0.1, -0.05) is 0 Å². The van der Waals surface area contributed by atoms with Gasteiger partial charge in [0, 0.05) is 37.2 Å². The number of aromatic nitrogens is 2. The minimum Gasteiger partial charge on any atom is -0.497 e. The zero-order valence-electron chi connectivity index (χ0n) is 12.0. The number of nitrogens with one attached hydrogen (secondary N) is 1. The normalized spacial score (nSPS) is 17.6. The smallest absolute Gasteiger partial charge is 0.147 e. The van der Waals surface area contributed by atoms with Gasteiger partial charge in [-0.05, 0) is 25.0 Å². The van der Waals surface area contributed by atoms with Gasteiger partial charge in [0.15, 0.2) is 0 Å². The van der Waals surface area contributed by atoms with E-state index in [0.717, 1.165) is 49.6 Å². The Morgan fingerprint density at radius 3 is 3.00 bits per heavy atom. The molecule has 0 bridgehead atoms. The van der Waals surface area contributed by atoms with Crippen LogP contribution in [-0.2, 0) is 13.0 Å². The van der Waals surface area contributed by atoms with Crippen molar-refractivity contribution in [1.29, 1.82) is 0 Å². The molecular formula is C16H18FN3O. The first kappa shape index (κ1) is 12.8. The first-order chi connectivity index (χ1) is 10.3. The van der Waals surface area contributed by atoms with Gasteiger partial charge >= 0.3 is 0 Å². The van der Waals surface area contributed by atoms with E-state index in [9.17, 15) is 4.39 Å². The molecule has 4 nitrogen and oxygen atoms in total. The average molecular weight is 287 g/mol. The molecule has 4 rings (SSSR count). The highest BCUT2D eigenvalue weighted by Gasteiger charge is 2.33. The molecule has 2 heterocycles. The molecule has 0 amide bonds. The maximum atomic E-state index is 14.4. The molecule has 1 aliphatic heterocycles. The zero-order valence-corrected chi connectivity index (χ0v) is 12.0. The second-order valence-electron chi connectivity index (χ2n) is 5.72. The van der Waals surface area contributed by atoms with E-state index in [0.29, 0.717) is 17.4 Å². The standard InChI is InChI=1S/C16H18FN3O/c1-21-11-4-5-12(17)15(8-11)20-14-6-7-18-9-13(14)19-16(20)10-2-3-10/h4-5,8,10,18H,2-3,6-7,9H2,1H3. The fourth-order valence-electron chi connectivity index (χ4n) is 3.01. The lowest BCUT2D eigenvalue weighted by Crippen LogP contribution is -2.25. The van der Waals surface area contributed by atoms with Gasteiger partial charge in [-0.2, -0.15) is 0 Å². The van der Waals surface area contributed by atoms with Gasteiger partial charge in [-0.3, -0.25) is 4.57 Å². The Morgan fingerprint density at radius 1 is 1.38 bits per heavy atom. The van der Waals surface area contributed by atoms with Gasteiger partial charge in [0.1, 0.15) is 17.4 Å². The topological polar surface area (TPSA) is 39.1 Å². The highest BCUT2D eigenvalue weighted by molar-refractivity contribution is 5.45. The number of fused-ring (bicyclic) bond motifs is 1. The summed E-state index contributed by atoms with van der Waals surface area (Å²) in [5.41, 5.74) is 2.76. The third-order valence-electron chi connectivity index (χ3n) is 4.25. The monoisotopic (exact) mass is 287 g/mol. The third-order valence-corrected chi connectivity index (χ3v) is 4.25. The second-order valence-corrected chi connectivity index (χ2v) is 5.72. The third kappa shape index (κ3) is 2.12. The largest absolute Gasteiger partial charge is 0.497 e. The van der Waals surface area contributed by atoms with E-state index in [1.165, 1.54) is 6.07 Å². The van der Waals surface area contributed by atoms with Crippen LogP contribution in [0, 0.1) is 5.82 Å². The van der Waals surface area contributed by atoms with Crippen LogP contribution in [-0.4, -0.2) is 23.2 Å². The molecule has 1 saturated carbocycles. The van der Waals surface area contributed by atoms with Crippen LogP contribution in [0.3, 0.4) is 0 Å². The van der Waals surface area contributed by atoms with Crippen molar-refractivity contribution in [3.63, 3.8) is 0 Å². The number of imidazole rings is 1. The number of rotatable bonds is 3. The quantitative estimate of drug-likeness (QED) is 0.943. The van der Waals surface area contributed by atoms with Crippen LogP contribution in [0.2, 0.25) is 0 Å². The van der Waals surface area contributed by atoms with Crippen LogP contribution < -0.4 is 10.1 Å². The minimum atomic E-state index is -0.226. The Bertz CT molecular complexity index is 691. The van der Waals surface area contributed by atoms with Crippen molar-refractivity contribution in [2.24, 2.45) is 0 Å². The average Bonchev–Trinajstić information content (AvgIpc) is 3.29. The van der Waals surface area contributed by atoms with Gasteiger partial charge in [0.25, 0.3) is 0 Å². The number of methoxy groups -OCH3 is 1. The van der Waals surface area contributed by atoms with Gasteiger partial charge in [-0.15, -0.1) is 0 Å². The van der Waals surface area contributed by atoms with Crippen molar-refractivity contribution >= 4 is 0 Å². The van der Waals surface area contributed by atoms with Crippen molar-refractivity contribution in [1.82, 2.24) is 14.9 Å². The van der Waals surface area contributed by atoms with Crippen molar-refractivity contribution in [3.05, 3.63) is 41.2 Å². The van der Waals surface area contributed by atoms with Gasteiger partial charge in [-0.25, -0.2) is 9.37 Å². The van der Waals surface area contributed by atoms with E-state index in [1.54, 1.807) is 19.2 Å². The fourth-order valence-corrected chi connectivity index (χ4v) is 3.01. The molecule has 1 fully saturated rings. The Morgan fingerprint density at radius 2 is 2.24 bits per heavy atom. The Labute approximate surface area is 122 Å². The molecule has 0 radical (unpaired) electrons. The van der Waals surface area contributed by atoms with Crippen LogP contribution >= 0.6 is 0 Å². The van der Waals surface area contributed by atoms with Crippen molar-refractivity contribution in [2.75, 3.05) is 13.7 Å². The minimum absolute atomic E-state index is 0.226. The lowest BCUT2D eigenvalue weighted by molar-refractivity contribution is 0.413. The number of benzene rings is 1. The summed E-state index contributed by atoms with van der Waals surface area (Å²) >= 11 is 0. The van der Waals surface area contributed by atoms with Crippen LogP contribution in [0.25, 0.3) is 5.69 Å². The van der Waals surface area contributed by atoms with Crippen LogP contribution in [0.15, 0.2) is 18.2 Å². The van der Waals surface area contributed by atoms with Crippen LogP contribution in [0.5, 0.6) is 5.75 Å². The molecule has 0 saturated heterocycles. The summed E-state index contributed by atoms with van der Waals surface area (Å²) in [5.74, 6) is 1.93. The van der Waals surface area contributed by atoms with Crippen molar-refractivity contribution in [2.45, 2.75) is 31.7 Å². The highest BCUT2D eigenvalue weighted by Crippen LogP contribution is 2.42.